The van der Waals surface area contributed by atoms with Gasteiger partial charge < -0.3 is 19.3 Å². The van der Waals surface area contributed by atoms with Crippen LogP contribution in [0.25, 0.3) is 0 Å². The van der Waals surface area contributed by atoms with Gasteiger partial charge in [-0.1, -0.05) is 0 Å². The summed E-state index contributed by atoms with van der Waals surface area (Å²) in [5, 5.41) is 10.4. The molecule has 0 bridgehead atoms. The van der Waals surface area contributed by atoms with Gasteiger partial charge in [-0.15, -0.1) is 0 Å². The molecular weight excluding hydrogens is 348 g/mol. The second-order valence-corrected chi connectivity index (χ2v) is 11.0. The molecule has 2 aliphatic rings. The van der Waals surface area contributed by atoms with Gasteiger partial charge >= 0.3 is 0 Å². The van der Waals surface area contributed by atoms with Gasteiger partial charge in [-0.3, -0.25) is 0 Å². The topological polar surface area (TPSA) is 116 Å². The Kier molecular flexibility index (Phi) is 2.84. The molecular formula is C13H16O8S2. The Morgan fingerprint density at radius 1 is 0.870 bits per heavy atom. The maximum atomic E-state index is 12.6. The fraction of sp³-hybridized carbons (Fsp3) is 0.538. The lowest BCUT2D eigenvalue weighted by Gasteiger charge is -2.18. The van der Waals surface area contributed by atoms with Gasteiger partial charge in [0.2, 0.25) is 35.3 Å². The van der Waals surface area contributed by atoms with E-state index in [0.29, 0.717) is 0 Å². The van der Waals surface area contributed by atoms with Crippen molar-refractivity contribution in [1.29, 1.82) is 0 Å². The van der Waals surface area contributed by atoms with Gasteiger partial charge in [0.05, 0.1) is 7.11 Å². The van der Waals surface area contributed by atoms with Crippen molar-refractivity contribution in [3.05, 3.63) is 0 Å². The van der Waals surface area contributed by atoms with Crippen molar-refractivity contribution < 1.29 is 36.2 Å². The third kappa shape index (κ3) is 1.65. The van der Waals surface area contributed by atoms with Crippen molar-refractivity contribution in [2.75, 3.05) is 7.11 Å². The lowest BCUT2D eigenvalue weighted by Crippen LogP contribution is -2.33. The van der Waals surface area contributed by atoms with Gasteiger partial charge in [0.25, 0.3) is 0 Å². The smallest absolute Gasteiger partial charge is 0.225 e. The number of hydrogen-bond donors (Lipinski definition) is 1. The zero-order valence-electron chi connectivity index (χ0n) is 13.1. The highest BCUT2D eigenvalue weighted by Gasteiger charge is 2.57. The van der Waals surface area contributed by atoms with Crippen LogP contribution in [0.5, 0.6) is 23.0 Å². The number of sulfone groups is 2. The fourth-order valence-electron chi connectivity index (χ4n) is 2.59. The summed E-state index contributed by atoms with van der Waals surface area (Å²) in [7, 11) is -7.03. The Labute approximate surface area is 133 Å². The molecule has 0 atom stereocenters. The minimum absolute atomic E-state index is 0.170. The van der Waals surface area contributed by atoms with Crippen LogP contribution in [0, 0.1) is 0 Å². The van der Waals surface area contributed by atoms with Crippen LogP contribution in [0.1, 0.15) is 27.7 Å². The van der Waals surface area contributed by atoms with E-state index >= 15 is 0 Å². The van der Waals surface area contributed by atoms with Crippen LogP contribution in [0.4, 0.5) is 0 Å². The Bertz CT molecular complexity index is 866. The molecule has 0 aliphatic carbocycles. The summed E-state index contributed by atoms with van der Waals surface area (Å²) in [6.45, 7) is 5.19. The summed E-state index contributed by atoms with van der Waals surface area (Å²) in [4.78, 5) is -4.53. The van der Waals surface area contributed by atoms with Crippen molar-refractivity contribution in [1.82, 2.24) is 0 Å². The molecule has 2 aliphatic heterocycles. The van der Waals surface area contributed by atoms with Gasteiger partial charge in [-0.05, 0) is 27.7 Å². The van der Waals surface area contributed by atoms with E-state index in [9.17, 15) is 21.9 Å². The predicted molar refractivity (Wildman–Crippen MR) is 78.4 cm³/mol. The maximum absolute atomic E-state index is 12.6. The highest BCUT2D eigenvalue weighted by molar-refractivity contribution is 7.94. The average molecular weight is 364 g/mol. The predicted octanol–water partition coefficient (Wildman–Crippen LogP) is 1.21. The van der Waals surface area contributed by atoms with Crippen LogP contribution in [0.3, 0.4) is 0 Å². The molecule has 128 valence electrons. The van der Waals surface area contributed by atoms with E-state index in [1.165, 1.54) is 34.8 Å². The molecule has 0 unspecified atom stereocenters. The number of methoxy groups -OCH3 is 1. The zero-order chi connectivity index (χ0) is 17.6. The maximum Gasteiger partial charge on any atom is 0.225 e. The number of rotatable bonds is 1. The highest BCUT2D eigenvalue weighted by Crippen LogP contribution is 2.62. The van der Waals surface area contributed by atoms with Crippen LogP contribution in [0.15, 0.2) is 9.79 Å². The molecule has 0 spiro atoms. The van der Waals surface area contributed by atoms with Crippen LogP contribution in [-0.4, -0.2) is 38.9 Å². The molecule has 0 amide bonds. The van der Waals surface area contributed by atoms with E-state index in [1.54, 1.807) is 0 Å². The van der Waals surface area contributed by atoms with E-state index in [0.717, 1.165) is 0 Å². The van der Waals surface area contributed by atoms with E-state index < -0.39 is 45.1 Å². The lowest BCUT2D eigenvalue weighted by atomic mass is 10.2. The van der Waals surface area contributed by atoms with Crippen LogP contribution in [-0.2, 0) is 19.7 Å². The highest BCUT2D eigenvalue weighted by atomic mass is 32.2. The van der Waals surface area contributed by atoms with Gasteiger partial charge in [-0.25, -0.2) is 16.8 Å². The second-order valence-electron chi connectivity index (χ2n) is 6.21. The van der Waals surface area contributed by atoms with E-state index in [2.05, 4.69) is 0 Å². The molecule has 3 rings (SSSR count). The fourth-order valence-corrected chi connectivity index (χ4v) is 5.49. The van der Waals surface area contributed by atoms with Crippen molar-refractivity contribution in [2.45, 2.75) is 47.4 Å². The summed E-state index contributed by atoms with van der Waals surface area (Å²) >= 11 is 0. The van der Waals surface area contributed by atoms with E-state index in [-0.39, 0.29) is 17.2 Å². The summed E-state index contributed by atoms with van der Waals surface area (Å²) < 4.78 is 66.4. The third-order valence-corrected chi connectivity index (χ3v) is 8.57. The minimum atomic E-state index is -4.13. The number of fused-ring (bicyclic) bond motifs is 2. The monoisotopic (exact) mass is 364 g/mol. The average Bonchev–Trinajstić information content (AvgIpc) is 2.66. The van der Waals surface area contributed by atoms with Gasteiger partial charge in [0.1, 0.15) is 0 Å². The molecule has 0 saturated heterocycles. The summed E-state index contributed by atoms with van der Waals surface area (Å²) in [5.41, 5.74) is 0. The second kappa shape index (κ2) is 4.04. The standard InChI is InChI=1S/C13H16O8S2/c1-12(2)20-8-7(19-5)9-11(6(14)10(8)22(12,15)16)23(17,18)13(3,4)21-9/h14H,1-5H3. The van der Waals surface area contributed by atoms with Gasteiger partial charge in [-0.2, -0.15) is 0 Å². The Morgan fingerprint density at radius 2 is 1.22 bits per heavy atom. The van der Waals surface area contributed by atoms with Gasteiger partial charge in [0.15, 0.2) is 27.0 Å². The molecule has 0 fully saturated rings. The first-order valence-electron chi connectivity index (χ1n) is 6.64. The summed E-state index contributed by atoms with van der Waals surface area (Å²) in [5.74, 6) is -1.56. The Balaban J connectivity index is 2.53. The van der Waals surface area contributed by atoms with Crippen molar-refractivity contribution in [2.24, 2.45) is 0 Å². The molecule has 8 nitrogen and oxygen atoms in total. The number of phenols is 1. The number of aromatic hydroxyl groups is 1. The molecule has 0 saturated carbocycles. The zero-order valence-corrected chi connectivity index (χ0v) is 14.8. The Morgan fingerprint density at radius 3 is 1.52 bits per heavy atom. The number of hydrogen-bond acceptors (Lipinski definition) is 8. The van der Waals surface area contributed by atoms with Crippen molar-refractivity contribution in [3.63, 3.8) is 0 Å². The quantitative estimate of drug-likeness (QED) is 0.790. The van der Waals surface area contributed by atoms with E-state index in [4.69, 9.17) is 14.2 Å². The first kappa shape index (κ1) is 16.2. The number of phenolic OH excluding ortho intramolecular Hbond substituents is 1. The Hall–Kier alpha value is -1.68. The lowest BCUT2D eigenvalue weighted by molar-refractivity contribution is 0.177. The van der Waals surface area contributed by atoms with E-state index in [1.807, 2.05) is 0 Å². The largest absolute Gasteiger partial charge is 0.505 e. The summed E-state index contributed by atoms with van der Waals surface area (Å²) in [6.07, 6.45) is 0. The molecule has 1 aromatic carbocycles. The number of benzene rings is 1. The van der Waals surface area contributed by atoms with Crippen molar-refractivity contribution >= 4 is 19.7 Å². The SMILES string of the molecule is COc1c2c(c(O)c3c1OC(C)(C)S3(=O)=O)S(=O)(=O)C(C)(C)O2. The first-order valence-corrected chi connectivity index (χ1v) is 9.60. The summed E-state index contributed by atoms with van der Waals surface area (Å²) in [6, 6.07) is 0. The van der Waals surface area contributed by atoms with Gasteiger partial charge in [0, 0.05) is 0 Å². The molecule has 23 heavy (non-hydrogen) atoms. The third-order valence-electron chi connectivity index (χ3n) is 3.99. The normalized spacial score (nSPS) is 24.2. The van der Waals surface area contributed by atoms with Crippen molar-refractivity contribution in [3.8, 4) is 23.0 Å². The molecule has 0 aromatic heterocycles. The first-order chi connectivity index (χ1) is 10.3. The molecule has 10 heteroatoms. The van der Waals surface area contributed by atoms with Crippen LogP contribution < -0.4 is 14.2 Å². The minimum Gasteiger partial charge on any atom is -0.505 e. The number of ether oxygens (including phenoxy) is 3. The molecule has 1 aromatic rings. The molecule has 0 radical (unpaired) electrons. The molecule has 1 N–H and O–H groups in total. The van der Waals surface area contributed by atoms with Crippen LogP contribution >= 0.6 is 0 Å². The van der Waals surface area contributed by atoms with Crippen LogP contribution in [0.2, 0.25) is 0 Å². The molecule has 2 heterocycles.